The van der Waals surface area contributed by atoms with Gasteiger partial charge in [0.2, 0.25) is 0 Å². The zero-order chi connectivity index (χ0) is 18.9. The van der Waals surface area contributed by atoms with Gasteiger partial charge in [0.05, 0.1) is 6.54 Å². The Morgan fingerprint density at radius 2 is 1.79 bits per heavy atom. The van der Waals surface area contributed by atoms with Gasteiger partial charge in [-0.3, -0.25) is 0 Å². The molecule has 0 amide bonds. The maximum absolute atomic E-state index is 4.74. The van der Waals surface area contributed by atoms with Gasteiger partial charge in [-0.15, -0.1) is 24.0 Å². The molecule has 1 aliphatic heterocycles. The van der Waals surface area contributed by atoms with Gasteiger partial charge >= 0.3 is 0 Å². The second kappa shape index (κ2) is 11.9. The molecular formula is C21H31IN6. The van der Waals surface area contributed by atoms with E-state index < -0.39 is 0 Å². The topological polar surface area (TPSA) is 55.8 Å². The number of rotatable bonds is 6. The van der Waals surface area contributed by atoms with Crippen molar-refractivity contribution in [2.75, 3.05) is 44.7 Å². The molecule has 0 atom stereocenters. The van der Waals surface area contributed by atoms with E-state index in [1.54, 1.807) is 0 Å². The molecule has 2 heterocycles. The fourth-order valence-corrected chi connectivity index (χ4v) is 3.06. The SMILES string of the molecule is CCNC(=NCc1ccnc(N2CCN(C)CC2)c1)NCc1ccccc1.I. The highest BCUT2D eigenvalue weighted by molar-refractivity contribution is 14.0. The van der Waals surface area contributed by atoms with Gasteiger partial charge in [-0.05, 0) is 37.2 Å². The molecule has 2 N–H and O–H groups in total. The van der Waals surface area contributed by atoms with E-state index in [9.17, 15) is 0 Å². The molecule has 1 fully saturated rings. The lowest BCUT2D eigenvalue weighted by Gasteiger charge is -2.33. The van der Waals surface area contributed by atoms with Gasteiger partial charge in [0.25, 0.3) is 0 Å². The van der Waals surface area contributed by atoms with Crippen LogP contribution in [0.4, 0.5) is 5.82 Å². The lowest BCUT2D eigenvalue weighted by atomic mass is 10.2. The summed E-state index contributed by atoms with van der Waals surface area (Å²) in [7, 11) is 2.17. The normalized spacial score (nSPS) is 15.1. The van der Waals surface area contributed by atoms with Crippen LogP contribution in [-0.2, 0) is 13.1 Å². The lowest BCUT2D eigenvalue weighted by molar-refractivity contribution is 0.312. The Morgan fingerprint density at radius 1 is 1.04 bits per heavy atom. The number of piperazine rings is 1. The van der Waals surface area contributed by atoms with Crippen LogP contribution in [0.2, 0.25) is 0 Å². The van der Waals surface area contributed by atoms with Gasteiger partial charge in [-0.2, -0.15) is 0 Å². The van der Waals surface area contributed by atoms with Gasteiger partial charge in [-0.25, -0.2) is 9.98 Å². The Kier molecular flexibility index (Phi) is 9.49. The fourth-order valence-electron chi connectivity index (χ4n) is 3.06. The van der Waals surface area contributed by atoms with E-state index in [2.05, 4.69) is 69.7 Å². The van der Waals surface area contributed by atoms with Crippen LogP contribution in [0.1, 0.15) is 18.1 Å². The van der Waals surface area contributed by atoms with Crippen molar-refractivity contribution in [3.8, 4) is 0 Å². The fraction of sp³-hybridized carbons (Fsp3) is 0.429. The maximum atomic E-state index is 4.74. The lowest BCUT2D eigenvalue weighted by Crippen LogP contribution is -2.44. The minimum atomic E-state index is 0. The van der Waals surface area contributed by atoms with Gasteiger partial charge in [0.1, 0.15) is 5.82 Å². The first kappa shape index (κ1) is 22.4. The summed E-state index contributed by atoms with van der Waals surface area (Å²) in [6.07, 6.45) is 1.89. The minimum absolute atomic E-state index is 0. The van der Waals surface area contributed by atoms with E-state index in [0.29, 0.717) is 6.54 Å². The van der Waals surface area contributed by atoms with Crippen molar-refractivity contribution in [3.05, 3.63) is 59.8 Å². The summed E-state index contributed by atoms with van der Waals surface area (Å²) in [5.41, 5.74) is 2.42. The Hall–Kier alpha value is -1.87. The monoisotopic (exact) mass is 494 g/mol. The Balaban J connectivity index is 0.00000280. The van der Waals surface area contributed by atoms with Gasteiger partial charge in [0, 0.05) is 45.5 Å². The van der Waals surface area contributed by atoms with E-state index in [1.807, 2.05) is 18.3 Å². The molecule has 1 aliphatic rings. The van der Waals surface area contributed by atoms with Crippen molar-refractivity contribution in [2.45, 2.75) is 20.0 Å². The average molecular weight is 494 g/mol. The molecular weight excluding hydrogens is 463 g/mol. The molecule has 3 rings (SSSR count). The van der Waals surface area contributed by atoms with E-state index in [0.717, 1.165) is 51.0 Å². The zero-order valence-electron chi connectivity index (χ0n) is 16.8. The molecule has 0 radical (unpaired) electrons. The number of nitrogens with zero attached hydrogens (tertiary/aromatic N) is 4. The summed E-state index contributed by atoms with van der Waals surface area (Å²) in [5, 5.41) is 6.71. The second-order valence-corrected chi connectivity index (χ2v) is 6.85. The number of aliphatic imine (C=N–C) groups is 1. The van der Waals surface area contributed by atoms with Gasteiger partial charge < -0.3 is 20.4 Å². The molecule has 152 valence electrons. The van der Waals surface area contributed by atoms with Crippen molar-refractivity contribution in [3.63, 3.8) is 0 Å². The highest BCUT2D eigenvalue weighted by atomic mass is 127. The smallest absolute Gasteiger partial charge is 0.191 e. The predicted octanol–water partition coefficient (Wildman–Crippen LogP) is 2.71. The highest BCUT2D eigenvalue weighted by Crippen LogP contribution is 2.15. The molecule has 0 saturated carbocycles. The Labute approximate surface area is 185 Å². The van der Waals surface area contributed by atoms with Crippen LogP contribution in [0.3, 0.4) is 0 Å². The third-order valence-corrected chi connectivity index (χ3v) is 4.70. The number of aromatic nitrogens is 1. The molecule has 28 heavy (non-hydrogen) atoms. The molecule has 2 aromatic rings. The number of likely N-dealkylation sites (N-methyl/N-ethyl adjacent to an activating group) is 1. The average Bonchev–Trinajstić information content (AvgIpc) is 2.71. The first-order valence-corrected chi connectivity index (χ1v) is 9.69. The number of pyridine rings is 1. The van der Waals surface area contributed by atoms with Crippen LogP contribution in [-0.4, -0.2) is 55.6 Å². The molecule has 0 bridgehead atoms. The molecule has 6 nitrogen and oxygen atoms in total. The first-order chi connectivity index (χ1) is 13.2. The number of nitrogens with one attached hydrogen (secondary N) is 2. The van der Waals surface area contributed by atoms with Crippen LogP contribution < -0.4 is 15.5 Å². The number of hydrogen-bond acceptors (Lipinski definition) is 4. The van der Waals surface area contributed by atoms with Gasteiger partial charge in [-0.1, -0.05) is 30.3 Å². The summed E-state index contributed by atoms with van der Waals surface area (Å²) in [4.78, 5) is 14.0. The number of guanidine groups is 1. The number of anilines is 1. The summed E-state index contributed by atoms with van der Waals surface area (Å²) < 4.78 is 0. The quantitative estimate of drug-likeness (QED) is 0.368. The van der Waals surface area contributed by atoms with Crippen LogP contribution >= 0.6 is 24.0 Å². The summed E-state index contributed by atoms with van der Waals surface area (Å²) in [6, 6.07) is 14.6. The molecule has 1 aromatic carbocycles. The van der Waals surface area contributed by atoms with E-state index in [1.165, 1.54) is 11.1 Å². The summed E-state index contributed by atoms with van der Waals surface area (Å²) >= 11 is 0. The van der Waals surface area contributed by atoms with Crippen LogP contribution in [0.15, 0.2) is 53.7 Å². The third kappa shape index (κ3) is 6.94. The van der Waals surface area contributed by atoms with E-state index >= 15 is 0 Å². The highest BCUT2D eigenvalue weighted by Gasteiger charge is 2.15. The molecule has 0 aliphatic carbocycles. The summed E-state index contributed by atoms with van der Waals surface area (Å²) in [6.45, 7) is 8.52. The van der Waals surface area contributed by atoms with E-state index in [-0.39, 0.29) is 24.0 Å². The molecule has 0 spiro atoms. The summed E-state index contributed by atoms with van der Waals surface area (Å²) in [5.74, 6) is 1.89. The van der Waals surface area contributed by atoms with Crippen molar-refractivity contribution in [2.24, 2.45) is 4.99 Å². The molecule has 1 aromatic heterocycles. The standard InChI is InChI=1S/C21H30N6.HI/c1-3-22-21(24-16-18-7-5-4-6-8-18)25-17-19-9-10-23-20(15-19)27-13-11-26(2)12-14-27;/h4-10,15H,3,11-14,16-17H2,1-2H3,(H2,22,24,25);1H. The molecule has 7 heteroatoms. The third-order valence-electron chi connectivity index (χ3n) is 4.70. The first-order valence-electron chi connectivity index (χ1n) is 9.69. The van der Waals surface area contributed by atoms with Gasteiger partial charge in [0.15, 0.2) is 5.96 Å². The van der Waals surface area contributed by atoms with Crippen molar-refractivity contribution in [1.29, 1.82) is 0 Å². The van der Waals surface area contributed by atoms with Crippen LogP contribution in [0, 0.1) is 0 Å². The Morgan fingerprint density at radius 3 is 2.50 bits per heavy atom. The Bertz CT molecular complexity index is 729. The van der Waals surface area contributed by atoms with Crippen LogP contribution in [0.25, 0.3) is 0 Å². The number of benzene rings is 1. The second-order valence-electron chi connectivity index (χ2n) is 6.85. The maximum Gasteiger partial charge on any atom is 0.191 e. The number of hydrogen-bond donors (Lipinski definition) is 2. The van der Waals surface area contributed by atoms with Crippen molar-refractivity contribution in [1.82, 2.24) is 20.5 Å². The molecule has 0 unspecified atom stereocenters. The van der Waals surface area contributed by atoms with E-state index in [4.69, 9.17) is 4.99 Å². The largest absolute Gasteiger partial charge is 0.357 e. The minimum Gasteiger partial charge on any atom is -0.357 e. The zero-order valence-corrected chi connectivity index (χ0v) is 19.1. The predicted molar refractivity (Wildman–Crippen MR) is 127 cm³/mol. The number of halogens is 1. The van der Waals surface area contributed by atoms with Crippen molar-refractivity contribution >= 4 is 35.8 Å². The van der Waals surface area contributed by atoms with Crippen molar-refractivity contribution < 1.29 is 0 Å². The van der Waals surface area contributed by atoms with Crippen LogP contribution in [0.5, 0.6) is 0 Å². The molecule has 1 saturated heterocycles.